The molecule has 2 aliphatic heterocycles. The van der Waals surface area contributed by atoms with Gasteiger partial charge in [-0.05, 0) is 89.4 Å². The van der Waals surface area contributed by atoms with Crippen molar-refractivity contribution >= 4 is 50.1 Å². The topological polar surface area (TPSA) is 54.5 Å². The minimum absolute atomic E-state index is 0.00819. The molecule has 0 bridgehead atoms. The standard InChI is InChI=1S/C26H23F7INO3S2/c27-24(25(28,29)30,26(31,32)33)17-2-7-20-15(13-17)1-8-21-23(20,40(37,38)19-5-3-18(34)4-6-19)10-11-35(21)22(36)16-9-12-39-14-16/h2-7,13,16,21H,1,8-12,14H2. The van der Waals surface area contributed by atoms with Crippen molar-refractivity contribution in [1.29, 1.82) is 0 Å². The van der Waals surface area contributed by atoms with E-state index in [4.69, 9.17) is 0 Å². The smallest absolute Gasteiger partial charge is 0.337 e. The molecule has 2 heterocycles. The van der Waals surface area contributed by atoms with Crippen LogP contribution in [0, 0.1) is 9.49 Å². The predicted molar refractivity (Wildman–Crippen MR) is 143 cm³/mol. The van der Waals surface area contributed by atoms with Crippen LogP contribution in [0.5, 0.6) is 0 Å². The van der Waals surface area contributed by atoms with E-state index >= 15 is 0 Å². The second-order valence-corrected chi connectivity index (χ2v) is 14.9. The molecule has 2 aromatic carbocycles. The molecule has 0 saturated carbocycles. The first kappa shape index (κ1) is 29.9. The molecule has 14 heteroatoms. The average Bonchev–Trinajstić information content (AvgIpc) is 3.56. The molecule has 218 valence electrons. The normalized spacial score (nSPS) is 25.6. The van der Waals surface area contributed by atoms with E-state index < -0.39 is 44.2 Å². The number of benzene rings is 2. The Morgan fingerprint density at radius 2 is 1.62 bits per heavy atom. The number of hydrogen-bond donors (Lipinski definition) is 0. The van der Waals surface area contributed by atoms with Gasteiger partial charge >= 0.3 is 18.0 Å². The highest BCUT2D eigenvalue weighted by molar-refractivity contribution is 14.1. The van der Waals surface area contributed by atoms with E-state index in [0.29, 0.717) is 24.3 Å². The summed E-state index contributed by atoms with van der Waals surface area (Å²) in [5, 5.41) is 0. The molecule has 3 aliphatic rings. The molecule has 4 nitrogen and oxygen atoms in total. The summed E-state index contributed by atoms with van der Waals surface area (Å²) in [5.74, 6) is 0.880. The van der Waals surface area contributed by atoms with Gasteiger partial charge < -0.3 is 4.90 Å². The summed E-state index contributed by atoms with van der Waals surface area (Å²) in [7, 11) is -4.33. The van der Waals surface area contributed by atoms with E-state index in [1.54, 1.807) is 23.9 Å². The maximum absolute atomic E-state index is 14.9. The fraction of sp³-hybridized carbons (Fsp3) is 0.500. The molecule has 1 amide bonds. The van der Waals surface area contributed by atoms with E-state index in [9.17, 15) is 43.9 Å². The zero-order chi connectivity index (χ0) is 29.3. The first-order chi connectivity index (χ1) is 18.6. The molecule has 2 fully saturated rings. The van der Waals surface area contributed by atoms with Gasteiger partial charge in [-0.2, -0.15) is 38.1 Å². The molecule has 1 aliphatic carbocycles. The molecule has 0 aromatic heterocycles. The number of rotatable bonds is 4. The Labute approximate surface area is 244 Å². The van der Waals surface area contributed by atoms with Gasteiger partial charge in [-0.3, -0.25) is 4.79 Å². The number of thioether (sulfide) groups is 1. The highest BCUT2D eigenvalue weighted by Gasteiger charge is 2.74. The number of alkyl halides is 7. The Morgan fingerprint density at radius 1 is 0.975 bits per heavy atom. The van der Waals surface area contributed by atoms with E-state index in [1.165, 1.54) is 17.0 Å². The number of halogens is 8. The second kappa shape index (κ2) is 10.0. The Balaban J connectivity index is 1.69. The number of aryl methyl sites for hydroxylation is 1. The van der Waals surface area contributed by atoms with Gasteiger partial charge in [0.1, 0.15) is 4.75 Å². The van der Waals surface area contributed by atoms with Crippen molar-refractivity contribution in [2.24, 2.45) is 5.92 Å². The van der Waals surface area contributed by atoms with E-state index in [1.807, 2.05) is 22.6 Å². The zero-order valence-electron chi connectivity index (χ0n) is 20.7. The zero-order valence-corrected chi connectivity index (χ0v) is 24.4. The summed E-state index contributed by atoms with van der Waals surface area (Å²) >= 11 is 3.61. The van der Waals surface area contributed by atoms with Crippen LogP contribution in [0.1, 0.15) is 36.0 Å². The van der Waals surface area contributed by atoms with Crippen LogP contribution in [-0.4, -0.2) is 55.7 Å². The monoisotopic (exact) mass is 721 g/mol. The maximum atomic E-state index is 14.9. The summed E-state index contributed by atoms with van der Waals surface area (Å²) in [4.78, 5) is 14.9. The number of carbonyl (C=O) groups excluding carboxylic acids is 1. The molecular formula is C26H23F7INO3S2. The SMILES string of the molecule is O=C(C1CCSC1)N1CCC2(S(=O)(=O)c3ccc(I)cc3)c3ccc(C(F)(C(F)(F)F)C(F)(F)F)cc3CCC12. The lowest BCUT2D eigenvalue weighted by Crippen LogP contribution is -2.53. The molecular weight excluding hydrogens is 698 g/mol. The van der Waals surface area contributed by atoms with Crippen LogP contribution in [0.2, 0.25) is 0 Å². The average molecular weight is 721 g/mol. The van der Waals surface area contributed by atoms with Gasteiger partial charge in [0, 0.05) is 27.3 Å². The lowest BCUT2D eigenvalue weighted by atomic mass is 9.76. The predicted octanol–water partition coefficient (Wildman–Crippen LogP) is 6.55. The Kier molecular flexibility index (Phi) is 7.50. The molecule has 3 atom stereocenters. The summed E-state index contributed by atoms with van der Waals surface area (Å²) in [6.45, 7) is 0.0631. The highest BCUT2D eigenvalue weighted by atomic mass is 127. The van der Waals surface area contributed by atoms with Gasteiger partial charge in [0.2, 0.25) is 5.91 Å². The third-order valence-electron chi connectivity index (χ3n) is 8.23. The van der Waals surface area contributed by atoms with Crippen molar-refractivity contribution in [1.82, 2.24) is 4.90 Å². The number of sulfone groups is 1. The summed E-state index contributed by atoms with van der Waals surface area (Å²) in [6.07, 6.45) is -12.2. The van der Waals surface area contributed by atoms with Crippen LogP contribution < -0.4 is 0 Å². The number of nitrogens with zero attached hydrogens (tertiary/aromatic N) is 1. The van der Waals surface area contributed by atoms with Gasteiger partial charge in [0.15, 0.2) is 9.84 Å². The van der Waals surface area contributed by atoms with Crippen molar-refractivity contribution < 1.29 is 43.9 Å². The van der Waals surface area contributed by atoms with Gasteiger partial charge in [0.05, 0.1) is 10.9 Å². The fourth-order valence-electron chi connectivity index (χ4n) is 6.28. The van der Waals surface area contributed by atoms with Gasteiger partial charge in [-0.15, -0.1) is 0 Å². The lowest BCUT2D eigenvalue weighted by molar-refractivity contribution is -0.348. The summed E-state index contributed by atoms with van der Waals surface area (Å²) in [6, 6.07) is 6.81. The minimum Gasteiger partial charge on any atom is -0.337 e. The highest BCUT2D eigenvalue weighted by Crippen LogP contribution is 2.57. The van der Waals surface area contributed by atoms with Crippen molar-refractivity contribution in [2.75, 3.05) is 18.1 Å². The van der Waals surface area contributed by atoms with Crippen LogP contribution in [0.15, 0.2) is 47.4 Å². The van der Waals surface area contributed by atoms with Gasteiger partial charge in [0.25, 0.3) is 0 Å². The van der Waals surface area contributed by atoms with Crippen LogP contribution in [0.25, 0.3) is 0 Å². The van der Waals surface area contributed by atoms with E-state index in [0.717, 1.165) is 15.4 Å². The Morgan fingerprint density at radius 3 is 2.20 bits per heavy atom. The van der Waals surface area contributed by atoms with Gasteiger partial charge in [-0.25, -0.2) is 12.8 Å². The maximum Gasteiger partial charge on any atom is 0.435 e. The van der Waals surface area contributed by atoms with Crippen molar-refractivity contribution in [3.05, 3.63) is 62.7 Å². The summed E-state index contributed by atoms with van der Waals surface area (Å²) in [5.41, 5.74) is -7.38. The quantitative estimate of drug-likeness (QED) is 0.266. The third kappa shape index (κ3) is 4.36. The number of likely N-dealkylation sites (tertiary alicyclic amines) is 1. The molecule has 0 spiro atoms. The first-order valence-corrected chi connectivity index (χ1v) is 16.1. The van der Waals surface area contributed by atoms with Crippen LogP contribution in [-0.2, 0) is 31.5 Å². The fourth-order valence-corrected chi connectivity index (χ4v) is 10.2. The molecule has 0 radical (unpaired) electrons. The first-order valence-electron chi connectivity index (χ1n) is 12.4. The molecule has 40 heavy (non-hydrogen) atoms. The molecule has 0 N–H and O–H groups in total. The van der Waals surface area contributed by atoms with Crippen LogP contribution in [0.4, 0.5) is 30.7 Å². The van der Waals surface area contributed by atoms with Gasteiger partial charge in [-0.1, -0.05) is 18.2 Å². The third-order valence-corrected chi connectivity index (χ3v) is 12.7. The van der Waals surface area contributed by atoms with E-state index in [-0.39, 0.29) is 53.7 Å². The number of fused-ring (bicyclic) bond motifs is 3. The minimum atomic E-state index is -6.29. The lowest BCUT2D eigenvalue weighted by Gasteiger charge is -2.43. The summed E-state index contributed by atoms with van der Waals surface area (Å²) < 4.78 is 124. The molecule has 5 rings (SSSR count). The van der Waals surface area contributed by atoms with Crippen molar-refractivity contribution in [3.8, 4) is 0 Å². The second-order valence-electron chi connectivity index (χ2n) is 10.3. The molecule has 2 aromatic rings. The van der Waals surface area contributed by atoms with Crippen LogP contribution in [0.3, 0.4) is 0 Å². The number of carbonyl (C=O) groups is 1. The number of hydrogen-bond acceptors (Lipinski definition) is 4. The Bertz CT molecular complexity index is 1410. The van der Waals surface area contributed by atoms with Crippen LogP contribution >= 0.6 is 34.4 Å². The Hall–Kier alpha value is -1.55. The molecule has 3 unspecified atom stereocenters. The van der Waals surface area contributed by atoms with E-state index in [2.05, 4.69) is 0 Å². The molecule has 2 saturated heterocycles. The number of amides is 1. The largest absolute Gasteiger partial charge is 0.435 e. The van der Waals surface area contributed by atoms with Crippen molar-refractivity contribution in [3.63, 3.8) is 0 Å². The van der Waals surface area contributed by atoms with Crippen molar-refractivity contribution in [2.45, 2.75) is 59.4 Å².